The Hall–Kier alpha value is -4.12. The number of rotatable bonds is 12. The molecule has 46 heavy (non-hydrogen) atoms. The first-order chi connectivity index (χ1) is 22.0. The summed E-state index contributed by atoms with van der Waals surface area (Å²) in [7, 11) is 0. The van der Waals surface area contributed by atoms with Crippen LogP contribution in [0.5, 0.6) is 0 Å². The quantitative estimate of drug-likeness (QED) is 0.161. The summed E-state index contributed by atoms with van der Waals surface area (Å²) < 4.78 is 9.89. The number of amides is 4. The standard InChI is InChI=1S/C30H28N4O8S4/c1-3-41-27(37)17-5-9-19(10-6-17)31-21(35)13-15-33-25(43)23(45-29(33)39)24-26(44)34(30(40)46-24)16-14-22(36)32-20-11-7-18(8-12-20)28(38)42-4-2/h5-12H,3-4,13-16H2,1-2H3,(H,31,35)(H,32,36)/b24-23+. The minimum atomic E-state index is -0.463. The monoisotopic (exact) mass is 700 g/mol. The molecular formula is C30H28N4O8S4. The number of ether oxygens (including phenoxy) is 2. The second-order valence-corrected chi connectivity index (χ2v) is 12.2. The third-order valence-corrected chi connectivity index (χ3v) is 9.62. The molecule has 0 aliphatic carbocycles. The zero-order valence-electron chi connectivity index (χ0n) is 24.7. The molecule has 4 amide bonds. The van der Waals surface area contributed by atoms with Gasteiger partial charge in [-0.3, -0.25) is 29.0 Å². The minimum Gasteiger partial charge on any atom is -0.462 e. The van der Waals surface area contributed by atoms with Gasteiger partial charge in [-0.15, -0.1) is 0 Å². The van der Waals surface area contributed by atoms with Crippen molar-refractivity contribution in [3.8, 4) is 0 Å². The van der Waals surface area contributed by atoms with E-state index in [9.17, 15) is 28.8 Å². The summed E-state index contributed by atoms with van der Waals surface area (Å²) in [5, 5.41) is 4.62. The van der Waals surface area contributed by atoms with E-state index in [1.165, 1.54) is 34.1 Å². The summed E-state index contributed by atoms with van der Waals surface area (Å²) in [6.45, 7) is 3.93. The van der Waals surface area contributed by atoms with Crippen LogP contribution >= 0.6 is 48.0 Å². The molecule has 4 rings (SSSR count). The molecule has 2 aliphatic heterocycles. The topological polar surface area (TPSA) is 151 Å². The lowest BCUT2D eigenvalue weighted by atomic mass is 10.2. The Bertz CT molecular complexity index is 1510. The molecular weight excluding hydrogens is 673 g/mol. The first-order valence-electron chi connectivity index (χ1n) is 14.0. The first-order valence-corrected chi connectivity index (χ1v) is 16.4. The molecule has 0 bridgehead atoms. The number of esters is 2. The normalized spacial score (nSPS) is 16.1. The maximum absolute atomic E-state index is 12.8. The van der Waals surface area contributed by atoms with Gasteiger partial charge in [0.25, 0.3) is 10.5 Å². The molecule has 0 radical (unpaired) electrons. The van der Waals surface area contributed by atoms with Crippen LogP contribution in [0, 0.1) is 0 Å². The van der Waals surface area contributed by atoms with Gasteiger partial charge in [0, 0.05) is 37.3 Å². The van der Waals surface area contributed by atoms with Crippen molar-refractivity contribution in [2.45, 2.75) is 26.7 Å². The van der Waals surface area contributed by atoms with Gasteiger partial charge < -0.3 is 20.1 Å². The van der Waals surface area contributed by atoms with Gasteiger partial charge in [-0.1, -0.05) is 24.4 Å². The minimum absolute atomic E-state index is 0.00418. The van der Waals surface area contributed by atoms with Gasteiger partial charge in [-0.25, -0.2) is 9.59 Å². The van der Waals surface area contributed by atoms with Crippen LogP contribution in [0.3, 0.4) is 0 Å². The van der Waals surface area contributed by atoms with E-state index in [4.69, 9.17) is 33.9 Å². The zero-order chi connectivity index (χ0) is 33.4. The van der Waals surface area contributed by atoms with E-state index in [2.05, 4.69) is 10.6 Å². The Labute approximate surface area is 283 Å². The number of benzene rings is 2. The van der Waals surface area contributed by atoms with Gasteiger partial charge >= 0.3 is 11.9 Å². The highest BCUT2D eigenvalue weighted by atomic mass is 32.2. The lowest BCUT2D eigenvalue weighted by molar-refractivity contribution is -0.117. The van der Waals surface area contributed by atoms with E-state index in [1.54, 1.807) is 38.1 Å². The van der Waals surface area contributed by atoms with Crippen LogP contribution in [0.15, 0.2) is 58.3 Å². The molecule has 240 valence electrons. The Morgan fingerprint density at radius 2 is 1.00 bits per heavy atom. The van der Waals surface area contributed by atoms with Crippen molar-refractivity contribution in [3.05, 3.63) is 69.5 Å². The van der Waals surface area contributed by atoms with Gasteiger partial charge in [0.1, 0.15) is 9.98 Å². The second-order valence-electron chi connectivity index (χ2n) is 9.50. The van der Waals surface area contributed by atoms with Gasteiger partial charge in [-0.2, -0.15) is 0 Å². The van der Waals surface area contributed by atoms with Crippen molar-refractivity contribution >= 4 is 104 Å². The van der Waals surface area contributed by atoms with E-state index < -0.39 is 22.4 Å². The Balaban J connectivity index is 1.29. The number of hydrogen-bond donors (Lipinski definition) is 2. The molecule has 0 saturated carbocycles. The molecule has 0 atom stereocenters. The van der Waals surface area contributed by atoms with E-state index >= 15 is 0 Å². The van der Waals surface area contributed by atoms with E-state index in [-0.39, 0.29) is 60.9 Å². The molecule has 2 fully saturated rings. The van der Waals surface area contributed by atoms with Gasteiger partial charge in [0.15, 0.2) is 0 Å². The van der Waals surface area contributed by atoms with E-state index in [0.29, 0.717) is 32.3 Å². The van der Waals surface area contributed by atoms with Crippen LogP contribution < -0.4 is 10.6 Å². The molecule has 2 saturated heterocycles. The lowest BCUT2D eigenvalue weighted by Crippen LogP contribution is -2.32. The van der Waals surface area contributed by atoms with Crippen LogP contribution in [0.1, 0.15) is 47.4 Å². The predicted octanol–water partition coefficient (Wildman–Crippen LogP) is 5.60. The summed E-state index contributed by atoms with van der Waals surface area (Å²) in [6.07, 6.45) is -0.115. The van der Waals surface area contributed by atoms with Crippen molar-refractivity contribution < 1.29 is 38.2 Å². The second kappa shape index (κ2) is 15.9. The first kappa shape index (κ1) is 34.7. The molecule has 2 aliphatic rings. The summed E-state index contributed by atoms with van der Waals surface area (Å²) in [4.78, 5) is 77.9. The van der Waals surface area contributed by atoms with Crippen LogP contribution in [0.4, 0.5) is 21.0 Å². The predicted molar refractivity (Wildman–Crippen MR) is 183 cm³/mol. The Morgan fingerprint density at radius 3 is 1.33 bits per heavy atom. The molecule has 2 N–H and O–H groups in total. The summed E-state index contributed by atoms with van der Waals surface area (Å²) in [6, 6.07) is 12.4. The summed E-state index contributed by atoms with van der Waals surface area (Å²) >= 11 is 12.7. The molecule has 0 spiro atoms. The molecule has 2 heterocycles. The SMILES string of the molecule is CCOC(=O)c1ccc(NC(=O)CCN2C(=O)S/C(=C3/SC(=O)N(CCC(=O)Nc4ccc(C(=O)OCC)cc4)C3=S)C2=S)cc1. The number of carbonyl (C=O) groups excluding carboxylic acids is 6. The maximum Gasteiger partial charge on any atom is 0.338 e. The number of hydrogen-bond acceptors (Lipinski definition) is 12. The fourth-order valence-corrected chi connectivity index (χ4v) is 7.14. The number of anilines is 2. The highest BCUT2D eigenvalue weighted by Gasteiger charge is 2.41. The van der Waals surface area contributed by atoms with Crippen molar-refractivity contribution in [1.82, 2.24) is 9.80 Å². The fraction of sp³-hybridized carbons (Fsp3) is 0.267. The smallest absolute Gasteiger partial charge is 0.338 e. The van der Waals surface area contributed by atoms with Crippen LogP contribution in [-0.4, -0.2) is 80.3 Å². The largest absolute Gasteiger partial charge is 0.462 e. The summed E-state index contributed by atoms with van der Waals surface area (Å²) in [5.41, 5.74) is 1.65. The van der Waals surface area contributed by atoms with Crippen molar-refractivity contribution in [2.24, 2.45) is 0 Å². The number of thiocarbonyl (C=S) groups is 2. The van der Waals surface area contributed by atoms with E-state index in [0.717, 1.165) is 23.5 Å². The average molecular weight is 701 g/mol. The van der Waals surface area contributed by atoms with Crippen LogP contribution in [0.2, 0.25) is 0 Å². The highest BCUT2D eigenvalue weighted by molar-refractivity contribution is 8.23. The number of nitrogens with one attached hydrogen (secondary N) is 2. The van der Waals surface area contributed by atoms with Gasteiger partial charge in [0.05, 0.1) is 34.2 Å². The third-order valence-electron chi connectivity index (χ3n) is 6.39. The molecule has 16 heteroatoms. The molecule has 2 aromatic carbocycles. The zero-order valence-corrected chi connectivity index (χ0v) is 27.9. The number of carbonyl (C=O) groups is 6. The maximum atomic E-state index is 12.8. The van der Waals surface area contributed by atoms with Crippen molar-refractivity contribution in [1.29, 1.82) is 0 Å². The Morgan fingerprint density at radius 1 is 0.652 bits per heavy atom. The van der Waals surface area contributed by atoms with E-state index in [1.807, 2.05) is 0 Å². The van der Waals surface area contributed by atoms with Gasteiger partial charge in [0.2, 0.25) is 11.8 Å². The fourth-order valence-electron chi connectivity index (χ4n) is 4.14. The Kier molecular flexibility index (Phi) is 12.0. The lowest BCUT2D eigenvalue weighted by Gasteiger charge is -2.16. The number of thioether (sulfide) groups is 2. The van der Waals surface area contributed by atoms with Crippen molar-refractivity contribution in [2.75, 3.05) is 36.9 Å². The molecule has 2 aromatic rings. The molecule has 0 unspecified atom stereocenters. The van der Waals surface area contributed by atoms with Crippen molar-refractivity contribution in [3.63, 3.8) is 0 Å². The number of nitrogens with zero attached hydrogens (tertiary/aromatic N) is 2. The third kappa shape index (κ3) is 8.57. The molecule has 0 aromatic heterocycles. The average Bonchev–Trinajstić information content (AvgIpc) is 3.47. The van der Waals surface area contributed by atoms with Gasteiger partial charge in [-0.05, 0) is 85.9 Å². The van der Waals surface area contributed by atoms with Crippen LogP contribution in [0.25, 0.3) is 0 Å². The van der Waals surface area contributed by atoms with Crippen LogP contribution in [-0.2, 0) is 19.1 Å². The molecule has 12 nitrogen and oxygen atoms in total. The highest BCUT2D eigenvalue weighted by Crippen LogP contribution is 2.43. The summed E-state index contributed by atoms with van der Waals surface area (Å²) in [5.74, 6) is -1.66.